The van der Waals surface area contributed by atoms with E-state index in [4.69, 9.17) is 4.74 Å². The second-order valence-electron chi connectivity index (χ2n) is 11.0. The summed E-state index contributed by atoms with van der Waals surface area (Å²) in [5.41, 5.74) is 4.30. The summed E-state index contributed by atoms with van der Waals surface area (Å²) in [5.74, 6) is 1.91. The highest BCUT2D eigenvalue weighted by atomic mass is 32.1. The molecule has 0 aliphatic carbocycles. The van der Waals surface area contributed by atoms with Crippen molar-refractivity contribution in [2.75, 3.05) is 38.3 Å². The van der Waals surface area contributed by atoms with Gasteiger partial charge in [0.25, 0.3) is 0 Å². The number of alkyl halides is 1. The van der Waals surface area contributed by atoms with Crippen LogP contribution in [-0.4, -0.2) is 49.7 Å². The van der Waals surface area contributed by atoms with Crippen LogP contribution in [0.4, 0.5) is 9.39 Å². The van der Waals surface area contributed by atoms with Gasteiger partial charge >= 0.3 is 0 Å². The first-order chi connectivity index (χ1) is 20.5. The predicted octanol–water partition coefficient (Wildman–Crippen LogP) is 7.44. The third-order valence-electron chi connectivity index (χ3n) is 8.05. The molecule has 8 heteroatoms. The Morgan fingerprint density at radius 2 is 1.98 bits per heavy atom. The van der Waals surface area contributed by atoms with E-state index < -0.39 is 6.67 Å². The van der Waals surface area contributed by atoms with E-state index in [2.05, 4.69) is 64.4 Å². The number of thiophene rings is 1. The van der Waals surface area contributed by atoms with Crippen LogP contribution in [0.15, 0.2) is 60.4 Å². The topological polar surface area (TPSA) is 67.3 Å². The largest absolute Gasteiger partial charge is 0.490 e. The van der Waals surface area contributed by atoms with Crippen LogP contribution >= 0.6 is 11.3 Å². The van der Waals surface area contributed by atoms with Gasteiger partial charge in [0.2, 0.25) is 0 Å². The molecular weight excluding hydrogens is 547 g/mol. The van der Waals surface area contributed by atoms with Crippen molar-refractivity contribution in [1.82, 2.24) is 15.3 Å². The molecule has 1 saturated heterocycles. The Labute approximate surface area is 251 Å². The van der Waals surface area contributed by atoms with Crippen molar-refractivity contribution < 1.29 is 13.9 Å². The van der Waals surface area contributed by atoms with Gasteiger partial charge in [-0.25, -0.2) is 14.4 Å². The monoisotopic (exact) mass is 586 g/mol. The molecule has 3 heterocycles. The SMILES string of the molecule is CCCc1ccc2sc(N(C)[C@@H](C)c3cccc(-c4ncc(OCC5CCNCC5)cn4)c3)c(/C=C(\C=O)CF)c2c1. The zero-order valence-electron chi connectivity index (χ0n) is 24.6. The lowest BCUT2D eigenvalue weighted by molar-refractivity contribution is -0.105. The van der Waals surface area contributed by atoms with Crippen LogP contribution < -0.4 is 15.0 Å². The Kier molecular flexibility index (Phi) is 9.97. The number of aromatic nitrogens is 2. The molecule has 1 N–H and O–H groups in total. The van der Waals surface area contributed by atoms with E-state index in [1.165, 1.54) is 5.56 Å². The van der Waals surface area contributed by atoms with Crippen LogP contribution in [0.1, 0.15) is 55.8 Å². The number of hydrogen-bond acceptors (Lipinski definition) is 7. The Hall–Kier alpha value is -3.62. The molecule has 0 radical (unpaired) electrons. The van der Waals surface area contributed by atoms with Gasteiger partial charge in [-0.05, 0) is 80.6 Å². The molecule has 1 fully saturated rings. The zero-order valence-corrected chi connectivity index (χ0v) is 25.4. The smallest absolute Gasteiger partial charge is 0.159 e. The standard InChI is InChI=1S/C34H39FN4O2S/c1-4-6-24-9-10-32-30(15-24)31(16-26(18-35)21-40)34(42-32)39(3)23(2)27-7-5-8-28(17-27)33-37-19-29(20-38-33)41-22-25-11-13-36-14-12-25/h5,7-10,15-17,19-21,23,25,36H,4,6,11-14,18,22H2,1-3H3/b26-16-/t23-/m0/s1. The first-order valence-electron chi connectivity index (χ1n) is 14.8. The maximum Gasteiger partial charge on any atom is 0.159 e. The Bertz CT molecular complexity index is 1530. The predicted molar refractivity (Wildman–Crippen MR) is 171 cm³/mol. The lowest BCUT2D eigenvalue weighted by Gasteiger charge is -2.27. The molecule has 1 aliphatic rings. The van der Waals surface area contributed by atoms with E-state index in [9.17, 15) is 9.18 Å². The van der Waals surface area contributed by atoms with Crippen molar-refractivity contribution in [2.45, 2.75) is 45.6 Å². The highest BCUT2D eigenvalue weighted by molar-refractivity contribution is 7.23. The number of anilines is 1. The van der Waals surface area contributed by atoms with Crippen molar-refractivity contribution in [1.29, 1.82) is 0 Å². The average molecular weight is 587 g/mol. The Morgan fingerprint density at radius 1 is 1.19 bits per heavy atom. The number of rotatable bonds is 12. The summed E-state index contributed by atoms with van der Waals surface area (Å²) >= 11 is 1.66. The number of ether oxygens (including phenoxy) is 1. The number of piperidine rings is 1. The summed E-state index contributed by atoms with van der Waals surface area (Å²) < 4.78 is 20.7. The number of carbonyl (C=O) groups is 1. The number of nitrogens with one attached hydrogen (secondary N) is 1. The minimum Gasteiger partial charge on any atom is -0.490 e. The molecule has 0 amide bonds. The number of aryl methyl sites for hydroxylation is 1. The van der Waals surface area contributed by atoms with Crippen LogP contribution in [0, 0.1) is 5.92 Å². The van der Waals surface area contributed by atoms with Crippen molar-refractivity contribution in [3.63, 3.8) is 0 Å². The number of hydrogen-bond donors (Lipinski definition) is 1. The van der Waals surface area contributed by atoms with Gasteiger partial charge < -0.3 is 15.0 Å². The zero-order chi connectivity index (χ0) is 29.5. The highest BCUT2D eigenvalue weighted by Gasteiger charge is 2.21. The van der Waals surface area contributed by atoms with Gasteiger partial charge in [0.15, 0.2) is 11.6 Å². The summed E-state index contributed by atoms with van der Waals surface area (Å²) in [7, 11) is 2.05. The minimum absolute atomic E-state index is 0.00192. The third kappa shape index (κ3) is 6.88. The van der Waals surface area contributed by atoms with Crippen LogP contribution in [-0.2, 0) is 11.2 Å². The number of nitrogens with zero attached hydrogens (tertiary/aromatic N) is 3. The van der Waals surface area contributed by atoms with Crippen LogP contribution in [0.2, 0.25) is 0 Å². The average Bonchev–Trinajstić information content (AvgIpc) is 3.40. The fraction of sp³-hybridized carbons (Fsp3) is 0.382. The van der Waals surface area contributed by atoms with Crippen molar-refractivity contribution in [2.24, 2.45) is 5.92 Å². The van der Waals surface area contributed by atoms with E-state index in [1.807, 2.05) is 19.2 Å². The van der Waals surface area contributed by atoms with Gasteiger partial charge in [-0.15, -0.1) is 11.3 Å². The third-order valence-corrected chi connectivity index (χ3v) is 9.32. The molecule has 5 rings (SSSR count). The second kappa shape index (κ2) is 14.0. The van der Waals surface area contributed by atoms with Crippen molar-refractivity contribution in [3.05, 3.63) is 77.1 Å². The van der Waals surface area contributed by atoms with Crippen LogP contribution in [0.25, 0.3) is 27.6 Å². The quantitative estimate of drug-likeness (QED) is 0.138. The Morgan fingerprint density at radius 3 is 2.69 bits per heavy atom. The molecular formula is C34H39FN4O2S. The summed E-state index contributed by atoms with van der Waals surface area (Å²) in [6, 6.07) is 14.7. The van der Waals surface area contributed by atoms with Crippen LogP contribution in [0.5, 0.6) is 5.75 Å². The molecule has 0 unspecified atom stereocenters. The first-order valence-corrected chi connectivity index (χ1v) is 15.6. The maximum absolute atomic E-state index is 13.6. The molecule has 1 atom stereocenters. The minimum atomic E-state index is -0.794. The normalized spacial score (nSPS) is 15.1. The summed E-state index contributed by atoms with van der Waals surface area (Å²) in [6.45, 7) is 6.30. The maximum atomic E-state index is 13.6. The number of benzene rings is 2. The molecule has 1 aliphatic heterocycles. The molecule has 42 heavy (non-hydrogen) atoms. The number of halogens is 1. The van der Waals surface area contributed by atoms with Gasteiger partial charge in [-0.1, -0.05) is 37.6 Å². The Balaban J connectivity index is 1.38. The number of aldehydes is 1. The fourth-order valence-corrected chi connectivity index (χ4v) is 6.63. The van der Waals surface area contributed by atoms with Gasteiger partial charge in [0.1, 0.15) is 13.0 Å². The number of allylic oxidation sites excluding steroid dienone is 1. The lowest BCUT2D eigenvalue weighted by Crippen LogP contribution is -2.30. The van der Waals surface area contributed by atoms with Crippen molar-refractivity contribution >= 4 is 38.8 Å². The number of carbonyl (C=O) groups excluding carboxylic acids is 1. The molecule has 220 valence electrons. The first kappa shape index (κ1) is 29.9. The molecule has 2 aromatic heterocycles. The fourth-order valence-electron chi connectivity index (χ4n) is 5.43. The van der Waals surface area contributed by atoms with E-state index in [1.54, 1.807) is 29.8 Å². The lowest BCUT2D eigenvalue weighted by atomic mass is 9.99. The number of fused-ring (bicyclic) bond motifs is 1. The van der Waals surface area contributed by atoms with Gasteiger partial charge in [-0.3, -0.25) is 4.79 Å². The molecule has 0 spiro atoms. The van der Waals surface area contributed by atoms with Crippen LogP contribution in [0.3, 0.4) is 0 Å². The summed E-state index contributed by atoms with van der Waals surface area (Å²) in [6.07, 6.45) is 10.1. The van der Waals surface area contributed by atoms with Gasteiger partial charge in [0.05, 0.1) is 30.0 Å². The van der Waals surface area contributed by atoms with E-state index >= 15 is 0 Å². The van der Waals surface area contributed by atoms with Gasteiger partial charge in [0, 0.05) is 33.8 Å². The van der Waals surface area contributed by atoms with E-state index in [0.29, 0.717) is 30.4 Å². The molecule has 0 saturated carbocycles. The second-order valence-corrected chi connectivity index (χ2v) is 12.1. The van der Waals surface area contributed by atoms with E-state index in [0.717, 1.165) is 70.6 Å². The van der Waals surface area contributed by atoms with Gasteiger partial charge in [-0.2, -0.15) is 0 Å². The highest BCUT2D eigenvalue weighted by Crippen LogP contribution is 2.42. The van der Waals surface area contributed by atoms with Crippen molar-refractivity contribution in [3.8, 4) is 17.1 Å². The summed E-state index contributed by atoms with van der Waals surface area (Å²) in [4.78, 5) is 23.0. The molecule has 4 aromatic rings. The molecule has 6 nitrogen and oxygen atoms in total. The molecule has 0 bridgehead atoms. The summed E-state index contributed by atoms with van der Waals surface area (Å²) in [5, 5.41) is 5.43. The molecule has 2 aromatic carbocycles. The van der Waals surface area contributed by atoms with E-state index in [-0.39, 0.29) is 11.6 Å².